The van der Waals surface area contributed by atoms with E-state index in [4.69, 9.17) is 23.2 Å². The van der Waals surface area contributed by atoms with Crippen molar-refractivity contribution in [3.8, 4) is 0 Å². The summed E-state index contributed by atoms with van der Waals surface area (Å²) >= 11 is 12.0. The molecular weight excluding hydrogens is 363 g/mol. The molecule has 0 unspecified atom stereocenters. The van der Waals surface area contributed by atoms with E-state index >= 15 is 0 Å². The number of amides is 1. The fraction of sp³-hybridized carbons (Fsp3) is 0.111. The molecule has 7 heteroatoms. The molecule has 0 spiro atoms. The molecular formula is C18H14Cl2N2O3. The molecule has 0 aliphatic heterocycles. The van der Waals surface area contributed by atoms with Gasteiger partial charge in [-0.1, -0.05) is 35.3 Å². The van der Waals surface area contributed by atoms with Crippen LogP contribution in [0, 0.1) is 0 Å². The third-order valence-corrected chi connectivity index (χ3v) is 4.68. The van der Waals surface area contributed by atoms with Gasteiger partial charge in [0.1, 0.15) is 0 Å². The molecule has 2 aromatic carbocycles. The van der Waals surface area contributed by atoms with Crippen molar-refractivity contribution in [3.05, 3.63) is 69.3 Å². The summed E-state index contributed by atoms with van der Waals surface area (Å²) in [5, 5.41) is 13.5. The number of carboxylic acid groups (broad SMARTS) is 1. The van der Waals surface area contributed by atoms with E-state index in [2.05, 4.69) is 5.32 Å². The number of benzene rings is 2. The summed E-state index contributed by atoms with van der Waals surface area (Å²) in [6, 6.07) is 10.2. The summed E-state index contributed by atoms with van der Waals surface area (Å²) in [5.74, 6) is -1.26. The summed E-state index contributed by atoms with van der Waals surface area (Å²) < 4.78 is 1.78. The molecule has 0 bridgehead atoms. The van der Waals surface area contributed by atoms with Gasteiger partial charge in [-0.3, -0.25) is 4.79 Å². The van der Waals surface area contributed by atoms with Crippen molar-refractivity contribution in [3.63, 3.8) is 0 Å². The quantitative estimate of drug-likeness (QED) is 0.721. The Hall–Kier alpha value is -2.50. The first-order valence-electron chi connectivity index (χ1n) is 7.43. The number of carboxylic acids is 1. The summed E-state index contributed by atoms with van der Waals surface area (Å²) in [4.78, 5) is 23.4. The Labute approximate surface area is 153 Å². The molecule has 0 aliphatic rings. The number of carbonyl (C=O) groups excluding carboxylic acids is 1. The fourth-order valence-electron chi connectivity index (χ4n) is 2.71. The van der Waals surface area contributed by atoms with Crippen molar-refractivity contribution < 1.29 is 14.7 Å². The van der Waals surface area contributed by atoms with Crippen LogP contribution in [0.4, 0.5) is 0 Å². The van der Waals surface area contributed by atoms with Crippen LogP contribution in [0.15, 0.2) is 42.6 Å². The number of halogens is 2. The van der Waals surface area contributed by atoms with Crippen LogP contribution in [0.2, 0.25) is 10.0 Å². The topological polar surface area (TPSA) is 71.3 Å². The molecule has 1 amide bonds. The van der Waals surface area contributed by atoms with Gasteiger partial charge in [-0.25, -0.2) is 4.79 Å². The summed E-state index contributed by atoms with van der Waals surface area (Å²) in [6.45, 7) is 0.401. The lowest BCUT2D eigenvalue weighted by molar-refractivity contribution is 0.0698. The van der Waals surface area contributed by atoms with Crippen molar-refractivity contribution in [2.75, 3.05) is 7.05 Å². The average molecular weight is 377 g/mol. The van der Waals surface area contributed by atoms with Crippen molar-refractivity contribution in [1.82, 2.24) is 9.88 Å². The number of hydrogen-bond acceptors (Lipinski definition) is 2. The van der Waals surface area contributed by atoms with Crippen LogP contribution >= 0.6 is 23.2 Å². The zero-order valence-electron chi connectivity index (χ0n) is 13.2. The second-order valence-corrected chi connectivity index (χ2v) is 6.35. The summed E-state index contributed by atoms with van der Waals surface area (Å²) in [7, 11) is 1.55. The van der Waals surface area contributed by atoms with E-state index in [1.165, 1.54) is 0 Å². The Morgan fingerprint density at radius 2 is 1.88 bits per heavy atom. The van der Waals surface area contributed by atoms with E-state index < -0.39 is 5.97 Å². The number of aromatic carboxylic acids is 1. The lowest BCUT2D eigenvalue weighted by atomic mass is 10.1. The maximum Gasteiger partial charge on any atom is 0.337 e. The lowest BCUT2D eigenvalue weighted by Crippen LogP contribution is -2.17. The molecule has 1 heterocycles. The number of fused-ring (bicyclic) bond motifs is 1. The largest absolute Gasteiger partial charge is 0.478 e. The number of aromatic nitrogens is 1. The van der Waals surface area contributed by atoms with Gasteiger partial charge in [0, 0.05) is 36.3 Å². The number of nitrogens with zero attached hydrogens (tertiary/aromatic N) is 1. The van der Waals surface area contributed by atoms with Crippen molar-refractivity contribution in [2.24, 2.45) is 0 Å². The molecule has 0 radical (unpaired) electrons. The SMILES string of the molecule is CNC(=O)c1ccc2c(C(=O)O)cn(Cc3ccc(Cl)c(Cl)c3)c2c1. The highest BCUT2D eigenvalue weighted by Crippen LogP contribution is 2.26. The number of rotatable bonds is 4. The fourth-order valence-corrected chi connectivity index (χ4v) is 3.03. The van der Waals surface area contributed by atoms with Crippen molar-refractivity contribution in [2.45, 2.75) is 6.54 Å². The molecule has 0 saturated heterocycles. The highest BCUT2D eigenvalue weighted by molar-refractivity contribution is 6.42. The summed E-state index contributed by atoms with van der Waals surface area (Å²) in [5.41, 5.74) is 2.16. The Morgan fingerprint density at radius 3 is 2.52 bits per heavy atom. The molecule has 0 fully saturated rings. The van der Waals surface area contributed by atoms with Gasteiger partial charge in [0.25, 0.3) is 5.91 Å². The van der Waals surface area contributed by atoms with Gasteiger partial charge in [-0.15, -0.1) is 0 Å². The van der Waals surface area contributed by atoms with E-state index in [1.807, 2.05) is 6.07 Å². The first kappa shape index (κ1) is 17.3. The Balaban J connectivity index is 2.13. The second-order valence-electron chi connectivity index (χ2n) is 5.54. The standard InChI is InChI=1S/C18H14Cl2N2O3/c1-21-17(23)11-3-4-12-13(18(24)25)9-22(16(12)7-11)8-10-2-5-14(19)15(20)6-10/h2-7,9H,8H2,1H3,(H,21,23)(H,24,25). The lowest BCUT2D eigenvalue weighted by Gasteiger charge is -2.08. The van der Waals surface area contributed by atoms with Crippen molar-refractivity contribution in [1.29, 1.82) is 0 Å². The zero-order valence-corrected chi connectivity index (χ0v) is 14.7. The van der Waals surface area contributed by atoms with E-state index in [-0.39, 0.29) is 11.5 Å². The molecule has 2 N–H and O–H groups in total. The Kier molecular flexibility index (Phi) is 4.70. The van der Waals surface area contributed by atoms with Gasteiger partial charge in [-0.05, 0) is 29.8 Å². The minimum atomic E-state index is -1.02. The zero-order chi connectivity index (χ0) is 18.1. The smallest absolute Gasteiger partial charge is 0.337 e. The predicted octanol–water partition coefficient (Wildman–Crippen LogP) is 4.05. The van der Waals surface area contributed by atoms with Crippen molar-refractivity contribution >= 4 is 46.0 Å². The second kappa shape index (κ2) is 6.78. The third kappa shape index (κ3) is 3.34. The number of carbonyl (C=O) groups is 2. The third-order valence-electron chi connectivity index (χ3n) is 3.94. The molecule has 3 aromatic rings. The first-order chi connectivity index (χ1) is 11.9. The Bertz CT molecular complexity index is 995. The highest BCUT2D eigenvalue weighted by Gasteiger charge is 2.16. The van der Waals surface area contributed by atoms with Crippen LogP contribution in [0.1, 0.15) is 26.3 Å². The van der Waals surface area contributed by atoms with E-state index in [0.717, 1.165) is 5.56 Å². The minimum Gasteiger partial charge on any atom is -0.478 e. The molecule has 25 heavy (non-hydrogen) atoms. The molecule has 1 aromatic heterocycles. The minimum absolute atomic E-state index is 0.179. The molecule has 5 nitrogen and oxygen atoms in total. The van der Waals surface area contributed by atoms with Crippen LogP contribution in [0.5, 0.6) is 0 Å². The maximum atomic E-state index is 11.9. The van der Waals surface area contributed by atoms with Gasteiger partial charge in [0.2, 0.25) is 0 Å². The predicted molar refractivity (Wildman–Crippen MR) is 97.9 cm³/mol. The van der Waals surface area contributed by atoms with Crippen LogP contribution < -0.4 is 5.32 Å². The number of nitrogens with one attached hydrogen (secondary N) is 1. The van der Waals surface area contributed by atoms with Crippen LogP contribution in [0.25, 0.3) is 10.9 Å². The summed E-state index contributed by atoms with van der Waals surface area (Å²) in [6.07, 6.45) is 1.56. The van der Waals surface area contributed by atoms with Gasteiger partial charge in [-0.2, -0.15) is 0 Å². The molecule has 128 valence electrons. The maximum absolute atomic E-state index is 11.9. The van der Waals surface area contributed by atoms with Crippen LogP contribution in [0.3, 0.4) is 0 Å². The van der Waals surface area contributed by atoms with E-state index in [1.54, 1.807) is 48.1 Å². The van der Waals surface area contributed by atoms with Gasteiger partial charge in [0.15, 0.2) is 0 Å². The van der Waals surface area contributed by atoms with E-state index in [9.17, 15) is 14.7 Å². The van der Waals surface area contributed by atoms with Gasteiger partial charge >= 0.3 is 5.97 Å². The van der Waals surface area contributed by atoms with Crippen LogP contribution in [-0.4, -0.2) is 28.6 Å². The molecule has 0 atom stereocenters. The normalized spacial score (nSPS) is 10.8. The Morgan fingerprint density at radius 1 is 1.12 bits per heavy atom. The van der Waals surface area contributed by atoms with Gasteiger partial charge < -0.3 is 15.0 Å². The monoisotopic (exact) mass is 376 g/mol. The molecule has 0 aliphatic carbocycles. The average Bonchev–Trinajstić information content (AvgIpc) is 2.95. The first-order valence-corrected chi connectivity index (χ1v) is 8.18. The highest BCUT2D eigenvalue weighted by atomic mass is 35.5. The van der Waals surface area contributed by atoms with Crippen LogP contribution in [-0.2, 0) is 6.54 Å². The molecule has 0 saturated carbocycles. The number of hydrogen-bond donors (Lipinski definition) is 2. The molecule has 3 rings (SSSR count). The van der Waals surface area contributed by atoms with E-state index in [0.29, 0.717) is 33.1 Å². The van der Waals surface area contributed by atoms with Gasteiger partial charge in [0.05, 0.1) is 15.6 Å².